The first kappa shape index (κ1) is 17.0. The summed E-state index contributed by atoms with van der Waals surface area (Å²) in [6.45, 7) is 2.97. The Kier molecular flexibility index (Phi) is 5.70. The van der Waals surface area contributed by atoms with E-state index in [0.717, 1.165) is 10.6 Å². The van der Waals surface area contributed by atoms with Crippen molar-refractivity contribution < 1.29 is 9.59 Å². The third-order valence-electron chi connectivity index (χ3n) is 3.42. The van der Waals surface area contributed by atoms with Crippen molar-refractivity contribution in [2.45, 2.75) is 19.4 Å². The second-order valence-electron chi connectivity index (χ2n) is 5.38. The van der Waals surface area contributed by atoms with Gasteiger partial charge in [0.2, 0.25) is 5.91 Å². The normalized spacial score (nSPS) is 11.7. The lowest BCUT2D eigenvalue weighted by molar-refractivity contribution is 0.1000. The molecule has 2 aromatic rings. The van der Waals surface area contributed by atoms with E-state index in [1.165, 1.54) is 0 Å². The fraction of sp³-hybridized carbons (Fsp3) is 0.312. The molecule has 1 heterocycles. The predicted molar refractivity (Wildman–Crippen MR) is 90.4 cm³/mol. The molecule has 0 saturated carbocycles. The van der Waals surface area contributed by atoms with Crippen LogP contribution in [0, 0.1) is 0 Å². The highest BCUT2D eigenvalue weighted by atomic mass is 32.1. The Balaban J connectivity index is 1.86. The molecule has 0 radical (unpaired) electrons. The van der Waals surface area contributed by atoms with E-state index in [9.17, 15) is 9.59 Å². The molecule has 3 amide bonds. The highest BCUT2D eigenvalue weighted by molar-refractivity contribution is 7.09. The van der Waals surface area contributed by atoms with Gasteiger partial charge in [0.05, 0.1) is 5.01 Å². The number of benzene rings is 1. The maximum atomic E-state index is 12.1. The third kappa shape index (κ3) is 4.79. The molecular weight excluding hydrogens is 312 g/mol. The van der Waals surface area contributed by atoms with E-state index >= 15 is 0 Å². The van der Waals surface area contributed by atoms with E-state index in [-0.39, 0.29) is 11.9 Å². The number of primary amides is 1. The molecule has 23 heavy (non-hydrogen) atoms. The van der Waals surface area contributed by atoms with Gasteiger partial charge in [0.15, 0.2) is 0 Å². The molecule has 2 rings (SSSR count). The highest BCUT2D eigenvalue weighted by Crippen LogP contribution is 2.18. The van der Waals surface area contributed by atoms with Gasteiger partial charge in [0.25, 0.3) is 0 Å². The molecule has 0 spiro atoms. The van der Waals surface area contributed by atoms with Gasteiger partial charge in [-0.3, -0.25) is 4.79 Å². The summed E-state index contributed by atoms with van der Waals surface area (Å²) in [4.78, 5) is 29.2. The third-order valence-corrected chi connectivity index (χ3v) is 4.43. The van der Waals surface area contributed by atoms with Crippen molar-refractivity contribution in [3.63, 3.8) is 0 Å². The molecule has 0 aliphatic carbocycles. The smallest absolute Gasteiger partial charge is 0.317 e. The molecular formula is C16H20N4O2S. The second-order valence-corrected chi connectivity index (χ2v) is 6.30. The molecule has 6 nitrogen and oxygen atoms in total. The summed E-state index contributed by atoms with van der Waals surface area (Å²) in [5, 5.41) is 5.77. The van der Waals surface area contributed by atoms with Crippen LogP contribution in [-0.2, 0) is 6.54 Å². The number of rotatable bonds is 6. The maximum absolute atomic E-state index is 12.1. The number of carbonyl (C=O) groups excluding carboxylic acids is 2. The van der Waals surface area contributed by atoms with Crippen molar-refractivity contribution in [1.29, 1.82) is 0 Å². The summed E-state index contributed by atoms with van der Waals surface area (Å²) in [7, 11) is 1.75. The number of thiazole rings is 1. The fourth-order valence-corrected chi connectivity index (χ4v) is 2.89. The summed E-state index contributed by atoms with van der Waals surface area (Å²) in [6.07, 6.45) is 1.77. The Bertz CT molecular complexity index is 672. The SMILES string of the molecule is C[C@H](CN(C)C(=O)NCc1cccc(C(N)=O)c1)c1nccs1. The Morgan fingerprint density at radius 2 is 2.22 bits per heavy atom. The average molecular weight is 332 g/mol. The van der Waals surface area contributed by atoms with Gasteiger partial charge in [-0.2, -0.15) is 0 Å². The molecule has 0 bridgehead atoms. The molecule has 122 valence electrons. The van der Waals surface area contributed by atoms with E-state index < -0.39 is 5.91 Å². The van der Waals surface area contributed by atoms with Crippen LogP contribution in [0.15, 0.2) is 35.8 Å². The van der Waals surface area contributed by atoms with Crippen LogP contribution >= 0.6 is 11.3 Å². The van der Waals surface area contributed by atoms with Gasteiger partial charge in [-0.25, -0.2) is 9.78 Å². The number of nitrogens with zero attached hydrogens (tertiary/aromatic N) is 2. The van der Waals surface area contributed by atoms with Crippen molar-refractivity contribution in [1.82, 2.24) is 15.2 Å². The van der Waals surface area contributed by atoms with Gasteiger partial charge < -0.3 is 16.0 Å². The molecule has 0 fully saturated rings. The molecule has 0 saturated heterocycles. The number of amides is 3. The number of hydrogen-bond donors (Lipinski definition) is 2. The van der Waals surface area contributed by atoms with E-state index in [0.29, 0.717) is 18.7 Å². The summed E-state index contributed by atoms with van der Waals surface area (Å²) >= 11 is 1.59. The largest absolute Gasteiger partial charge is 0.366 e. The lowest BCUT2D eigenvalue weighted by atomic mass is 10.1. The van der Waals surface area contributed by atoms with E-state index in [4.69, 9.17) is 5.73 Å². The van der Waals surface area contributed by atoms with E-state index in [2.05, 4.69) is 10.3 Å². The van der Waals surface area contributed by atoms with Crippen LogP contribution in [0.5, 0.6) is 0 Å². The molecule has 0 aliphatic rings. The van der Waals surface area contributed by atoms with Crippen molar-refractivity contribution in [2.75, 3.05) is 13.6 Å². The molecule has 1 aromatic carbocycles. The van der Waals surface area contributed by atoms with Crippen molar-refractivity contribution in [3.8, 4) is 0 Å². The molecule has 1 aromatic heterocycles. The van der Waals surface area contributed by atoms with E-state index in [1.807, 2.05) is 18.4 Å². The minimum atomic E-state index is -0.479. The molecule has 3 N–H and O–H groups in total. The van der Waals surface area contributed by atoms with Crippen molar-refractivity contribution in [3.05, 3.63) is 52.0 Å². The van der Waals surface area contributed by atoms with Gasteiger partial charge in [-0.05, 0) is 17.7 Å². The monoisotopic (exact) mass is 332 g/mol. The van der Waals surface area contributed by atoms with Crippen LogP contribution in [-0.4, -0.2) is 35.4 Å². The average Bonchev–Trinajstić information content (AvgIpc) is 3.07. The summed E-state index contributed by atoms with van der Waals surface area (Å²) in [5.41, 5.74) is 6.51. The fourth-order valence-electron chi connectivity index (χ4n) is 2.20. The molecule has 1 atom stereocenters. The molecule has 7 heteroatoms. The van der Waals surface area contributed by atoms with Crippen LogP contribution in [0.2, 0.25) is 0 Å². The topological polar surface area (TPSA) is 88.3 Å². The summed E-state index contributed by atoms with van der Waals surface area (Å²) < 4.78 is 0. The van der Waals surface area contributed by atoms with Crippen LogP contribution in [0.3, 0.4) is 0 Å². The summed E-state index contributed by atoms with van der Waals surface area (Å²) in [6, 6.07) is 6.75. The number of nitrogens with two attached hydrogens (primary N) is 1. The zero-order valence-electron chi connectivity index (χ0n) is 13.2. The minimum absolute atomic E-state index is 0.169. The number of aromatic nitrogens is 1. The zero-order chi connectivity index (χ0) is 16.8. The van der Waals surface area contributed by atoms with Crippen LogP contribution in [0.1, 0.15) is 33.8 Å². The van der Waals surface area contributed by atoms with Crippen LogP contribution in [0.25, 0.3) is 0 Å². The quantitative estimate of drug-likeness (QED) is 0.850. The van der Waals surface area contributed by atoms with Crippen molar-refractivity contribution in [2.24, 2.45) is 5.73 Å². The number of nitrogens with one attached hydrogen (secondary N) is 1. The lowest BCUT2D eigenvalue weighted by Crippen LogP contribution is -2.38. The second kappa shape index (κ2) is 7.73. The maximum Gasteiger partial charge on any atom is 0.317 e. The number of carbonyl (C=O) groups is 2. The number of likely N-dealkylation sites (N-methyl/N-ethyl adjacent to an activating group) is 1. The van der Waals surface area contributed by atoms with Gasteiger partial charge in [-0.1, -0.05) is 19.1 Å². The number of urea groups is 1. The Morgan fingerprint density at radius 1 is 1.43 bits per heavy atom. The van der Waals surface area contributed by atoms with Crippen LogP contribution in [0.4, 0.5) is 4.79 Å². The minimum Gasteiger partial charge on any atom is -0.366 e. The predicted octanol–water partition coefficient (Wildman–Crippen LogP) is 2.19. The Morgan fingerprint density at radius 3 is 2.87 bits per heavy atom. The van der Waals surface area contributed by atoms with Crippen molar-refractivity contribution >= 4 is 23.3 Å². The Hall–Kier alpha value is -2.41. The zero-order valence-corrected chi connectivity index (χ0v) is 14.0. The number of hydrogen-bond acceptors (Lipinski definition) is 4. The molecule has 0 unspecified atom stereocenters. The standard InChI is InChI=1S/C16H20N4O2S/c1-11(15-18-6-7-23-15)10-20(2)16(22)19-9-12-4-3-5-13(8-12)14(17)21/h3-8,11H,9-10H2,1-2H3,(H2,17,21)(H,19,22)/t11-/m1/s1. The van der Waals surface area contributed by atoms with Gasteiger partial charge >= 0.3 is 6.03 Å². The highest BCUT2D eigenvalue weighted by Gasteiger charge is 2.15. The van der Waals surface area contributed by atoms with Gasteiger partial charge in [-0.15, -0.1) is 11.3 Å². The Labute approximate surface area is 139 Å². The first-order valence-corrected chi connectivity index (χ1v) is 8.12. The van der Waals surface area contributed by atoms with Gasteiger partial charge in [0, 0.05) is 43.2 Å². The first-order valence-electron chi connectivity index (χ1n) is 7.24. The van der Waals surface area contributed by atoms with Gasteiger partial charge in [0.1, 0.15) is 0 Å². The van der Waals surface area contributed by atoms with E-state index in [1.54, 1.807) is 47.7 Å². The summed E-state index contributed by atoms with van der Waals surface area (Å²) in [5.74, 6) is -0.295. The molecule has 0 aliphatic heterocycles. The van der Waals surface area contributed by atoms with Crippen LogP contribution < -0.4 is 11.1 Å². The lowest BCUT2D eigenvalue weighted by Gasteiger charge is -2.21. The first-order chi connectivity index (χ1) is 11.0.